The van der Waals surface area contributed by atoms with Gasteiger partial charge >= 0.3 is 0 Å². The number of nitrogens with zero attached hydrogens (tertiary/aromatic N) is 1. The first-order valence-electron chi connectivity index (χ1n) is 11.3. The standard InChI is InChI=1S/C30H20BNS/c1-3-10-21(11-4-1)22-18-19-28-25(20-22)31-24-14-7-8-15-26(24)32(23-12-5-2-6-13-23)27-16-9-17-29(33-28)30(27)31/h1-20H. The highest BCUT2D eigenvalue weighted by molar-refractivity contribution is 8.00. The van der Waals surface area contributed by atoms with E-state index in [2.05, 4.69) is 126 Å². The highest BCUT2D eigenvalue weighted by atomic mass is 32.2. The van der Waals surface area contributed by atoms with Crippen LogP contribution >= 0.6 is 11.8 Å². The zero-order chi connectivity index (χ0) is 21.8. The number of hydrogen-bond acceptors (Lipinski definition) is 2. The maximum absolute atomic E-state index is 2.43. The molecule has 0 aromatic heterocycles. The quantitative estimate of drug-likeness (QED) is 0.300. The van der Waals surface area contributed by atoms with E-state index in [-0.39, 0.29) is 6.71 Å². The molecule has 2 aliphatic rings. The Labute approximate surface area is 198 Å². The van der Waals surface area contributed by atoms with Crippen LogP contribution in [-0.2, 0) is 0 Å². The Morgan fingerprint density at radius 3 is 2.09 bits per heavy atom. The second-order valence-corrected chi connectivity index (χ2v) is 9.66. The van der Waals surface area contributed by atoms with Gasteiger partial charge in [-0.1, -0.05) is 102 Å². The van der Waals surface area contributed by atoms with E-state index in [1.54, 1.807) is 0 Å². The fraction of sp³-hybridized carbons (Fsp3) is 0. The zero-order valence-electron chi connectivity index (χ0n) is 18.0. The normalized spacial score (nSPS) is 13.2. The SMILES string of the molecule is c1ccc(-c2ccc3c(c2)B2c4ccccc4N(c4ccccc4)c4cccc(c42)S3)cc1. The lowest BCUT2D eigenvalue weighted by atomic mass is 9.35. The molecule has 0 saturated carbocycles. The smallest absolute Gasteiger partial charge is 0.249 e. The summed E-state index contributed by atoms with van der Waals surface area (Å²) in [5.41, 5.74) is 10.5. The monoisotopic (exact) mass is 437 g/mol. The van der Waals surface area contributed by atoms with Crippen molar-refractivity contribution >= 4 is 51.9 Å². The Balaban J connectivity index is 1.50. The molecule has 0 fully saturated rings. The first-order chi connectivity index (χ1) is 16.4. The molecule has 0 atom stereocenters. The molecule has 5 aromatic rings. The second-order valence-electron chi connectivity index (χ2n) is 8.57. The van der Waals surface area contributed by atoms with Crippen molar-refractivity contribution in [3.05, 3.63) is 121 Å². The van der Waals surface area contributed by atoms with E-state index in [1.807, 2.05) is 11.8 Å². The highest BCUT2D eigenvalue weighted by Crippen LogP contribution is 2.41. The van der Waals surface area contributed by atoms with Crippen LogP contribution in [0.15, 0.2) is 131 Å². The third kappa shape index (κ3) is 2.89. The van der Waals surface area contributed by atoms with Crippen LogP contribution in [0.5, 0.6) is 0 Å². The van der Waals surface area contributed by atoms with E-state index in [4.69, 9.17) is 0 Å². The number of benzene rings is 5. The summed E-state index contributed by atoms with van der Waals surface area (Å²) in [5, 5.41) is 0. The lowest BCUT2D eigenvalue weighted by molar-refractivity contribution is 1.27. The van der Waals surface area contributed by atoms with Crippen molar-refractivity contribution in [2.45, 2.75) is 9.79 Å². The van der Waals surface area contributed by atoms with Crippen LogP contribution in [0.1, 0.15) is 0 Å². The topological polar surface area (TPSA) is 3.24 Å². The Morgan fingerprint density at radius 2 is 1.24 bits per heavy atom. The number of fused-ring (bicyclic) bond motifs is 4. The van der Waals surface area contributed by atoms with E-state index in [0.29, 0.717) is 0 Å². The van der Waals surface area contributed by atoms with Crippen molar-refractivity contribution in [1.82, 2.24) is 0 Å². The summed E-state index contributed by atoms with van der Waals surface area (Å²) < 4.78 is 0. The van der Waals surface area contributed by atoms with Gasteiger partial charge in [0.2, 0.25) is 6.71 Å². The molecule has 0 radical (unpaired) electrons. The molecule has 0 saturated heterocycles. The molecule has 154 valence electrons. The molecule has 0 amide bonds. The third-order valence-electron chi connectivity index (χ3n) is 6.72. The van der Waals surface area contributed by atoms with Crippen molar-refractivity contribution in [3.8, 4) is 11.1 Å². The lowest BCUT2D eigenvalue weighted by Gasteiger charge is -2.40. The molecular formula is C30H20BNS. The summed E-state index contributed by atoms with van der Waals surface area (Å²) in [7, 11) is 0. The molecule has 0 unspecified atom stereocenters. The van der Waals surface area contributed by atoms with Crippen molar-refractivity contribution < 1.29 is 0 Å². The van der Waals surface area contributed by atoms with Crippen LogP contribution < -0.4 is 21.3 Å². The van der Waals surface area contributed by atoms with Crippen molar-refractivity contribution in [2.24, 2.45) is 0 Å². The van der Waals surface area contributed by atoms with Crippen molar-refractivity contribution in [1.29, 1.82) is 0 Å². The number of hydrogen-bond donors (Lipinski definition) is 0. The highest BCUT2D eigenvalue weighted by Gasteiger charge is 2.40. The molecule has 0 aliphatic carbocycles. The Morgan fingerprint density at radius 1 is 0.515 bits per heavy atom. The minimum atomic E-state index is 0.229. The molecule has 0 N–H and O–H groups in total. The summed E-state index contributed by atoms with van der Waals surface area (Å²) in [5.74, 6) is 0. The molecule has 2 heterocycles. The van der Waals surface area contributed by atoms with E-state index >= 15 is 0 Å². The third-order valence-corrected chi connectivity index (χ3v) is 7.89. The molecule has 5 aromatic carbocycles. The van der Waals surface area contributed by atoms with Crippen molar-refractivity contribution in [3.63, 3.8) is 0 Å². The fourth-order valence-electron chi connectivity index (χ4n) is 5.30. The molecular weight excluding hydrogens is 417 g/mol. The Kier molecular flexibility index (Phi) is 4.24. The average molecular weight is 437 g/mol. The molecule has 0 spiro atoms. The minimum absolute atomic E-state index is 0.229. The summed E-state index contributed by atoms with van der Waals surface area (Å²) in [6.45, 7) is 0.229. The van der Waals surface area contributed by atoms with Gasteiger partial charge in [0, 0.05) is 26.9 Å². The minimum Gasteiger partial charge on any atom is -0.311 e. The largest absolute Gasteiger partial charge is 0.311 e. The number of para-hydroxylation sites is 2. The van der Waals surface area contributed by atoms with Gasteiger partial charge in [0.25, 0.3) is 0 Å². The van der Waals surface area contributed by atoms with E-state index in [1.165, 1.54) is 54.4 Å². The second kappa shape index (κ2) is 7.43. The van der Waals surface area contributed by atoms with E-state index in [9.17, 15) is 0 Å². The van der Waals surface area contributed by atoms with Gasteiger partial charge in [-0.2, -0.15) is 0 Å². The van der Waals surface area contributed by atoms with Crippen LogP contribution in [-0.4, -0.2) is 6.71 Å². The first kappa shape index (κ1) is 18.8. The summed E-state index contributed by atoms with van der Waals surface area (Å²) in [6.07, 6.45) is 0. The van der Waals surface area contributed by atoms with Gasteiger partial charge in [0.05, 0.1) is 0 Å². The van der Waals surface area contributed by atoms with Gasteiger partial charge in [0.1, 0.15) is 0 Å². The van der Waals surface area contributed by atoms with Gasteiger partial charge in [-0.3, -0.25) is 0 Å². The summed E-state index contributed by atoms with van der Waals surface area (Å²) >= 11 is 1.90. The number of rotatable bonds is 2. The van der Waals surface area contributed by atoms with Crippen LogP contribution in [0.2, 0.25) is 0 Å². The van der Waals surface area contributed by atoms with E-state index in [0.717, 1.165) is 0 Å². The molecule has 3 heteroatoms. The predicted octanol–water partition coefficient (Wildman–Crippen LogP) is 6.12. The Bertz CT molecular complexity index is 1500. The first-order valence-corrected chi connectivity index (χ1v) is 12.1. The molecule has 33 heavy (non-hydrogen) atoms. The van der Waals surface area contributed by atoms with Crippen LogP contribution in [0.4, 0.5) is 17.1 Å². The van der Waals surface area contributed by atoms with Crippen LogP contribution in [0, 0.1) is 0 Å². The molecule has 7 rings (SSSR count). The van der Waals surface area contributed by atoms with Gasteiger partial charge in [0.15, 0.2) is 0 Å². The fourth-order valence-corrected chi connectivity index (χ4v) is 6.45. The van der Waals surface area contributed by atoms with Crippen molar-refractivity contribution in [2.75, 3.05) is 4.90 Å². The van der Waals surface area contributed by atoms with E-state index < -0.39 is 0 Å². The van der Waals surface area contributed by atoms with Gasteiger partial charge < -0.3 is 4.90 Å². The van der Waals surface area contributed by atoms with Crippen LogP contribution in [0.25, 0.3) is 11.1 Å². The number of anilines is 3. The molecule has 2 aliphatic heterocycles. The van der Waals surface area contributed by atoms with Gasteiger partial charge in [-0.25, -0.2) is 0 Å². The lowest BCUT2D eigenvalue weighted by Crippen LogP contribution is -2.59. The van der Waals surface area contributed by atoms with Gasteiger partial charge in [-0.15, -0.1) is 0 Å². The maximum atomic E-state index is 2.43. The molecule has 0 bridgehead atoms. The molecule has 1 nitrogen and oxygen atoms in total. The zero-order valence-corrected chi connectivity index (χ0v) is 18.8. The summed E-state index contributed by atoms with van der Waals surface area (Å²) in [4.78, 5) is 5.14. The van der Waals surface area contributed by atoms with Gasteiger partial charge in [-0.05, 0) is 58.5 Å². The van der Waals surface area contributed by atoms with Crippen LogP contribution in [0.3, 0.4) is 0 Å². The predicted molar refractivity (Wildman–Crippen MR) is 142 cm³/mol. The summed E-state index contributed by atoms with van der Waals surface area (Å²) in [6, 6.07) is 44.1. The average Bonchev–Trinajstić information content (AvgIpc) is 2.89. The maximum Gasteiger partial charge on any atom is 0.249 e. The Hall–Kier alpha value is -3.69.